The molecule has 0 saturated heterocycles. The molecule has 14 heavy (non-hydrogen) atoms. The van der Waals surface area contributed by atoms with Gasteiger partial charge in [0, 0.05) is 12.4 Å². The molecule has 76 valence electrons. The normalized spacial score (nSPS) is 14.5. The summed E-state index contributed by atoms with van der Waals surface area (Å²) in [5, 5.41) is 2.79. The van der Waals surface area contributed by atoms with Crippen molar-refractivity contribution in [3.8, 4) is 0 Å². The molecule has 3 N–H and O–H groups in total. The molecule has 0 fully saturated rings. The molecular formula is C10H15N3O. The Balaban J connectivity index is 2.59. The van der Waals surface area contributed by atoms with Crippen LogP contribution in [0, 0.1) is 0 Å². The lowest BCUT2D eigenvalue weighted by molar-refractivity contribution is -0.122. The van der Waals surface area contributed by atoms with Crippen molar-refractivity contribution in [2.24, 2.45) is 5.73 Å². The van der Waals surface area contributed by atoms with Gasteiger partial charge in [0.05, 0.1) is 12.1 Å². The summed E-state index contributed by atoms with van der Waals surface area (Å²) >= 11 is 0. The Hall–Kier alpha value is -1.42. The molecule has 0 bridgehead atoms. The molecule has 4 heteroatoms. The number of rotatable bonds is 3. The van der Waals surface area contributed by atoms with E-state index in [4.69, 9.17) is 5.73 Å². The molecule has 0 aliphatic heterocycles. The number of amides is 1. The van der Waals surface area contributed by atoms with Gasteiger partial charge in [0.1, 0.15) is 0 Å². The molecule has 0 aromatic carbocycles. The van der Waals surface area contributed by atoms with Crippen LogP contribution in [0.5, 0.6) is 0 Å². The molecule has 1 heterocycles. The number of hydrogen-bond donors (Lipinski definition) is 2. The van der Waals surface area contributed by atoms with Gasteiger partial charge in [-0.15, -0.1) is 0 Å². The second kappa shape index (κ2) is 4.72. The summed E-state index contributed by atoms with van der Waals surface area (Å²) in [5.74, 6) is -0.152. The van der Waals surface area contributed by atoms with Crippen LogP contribution in [0.4, 0.5) is 0 Å². The molecule has 0 spiro atoms. The van der Waals surface area contributed by atoms with Gasteiger partial charge in [-0.3, -0.25) is 9.78 Å². The molecule has 1 aromatic rings. The topological polar surface area (TPSA) is 68.0 Å². The average Bonchev–Trinajstić information content (AvgIpc) is 2.19. The van der Waals surface area contributed by atoms with Gasteiger partial charge in [0.15, 0.2) is 0 Å². The zero-order valence-corrected chi connectivity index (χ0v) is 8.40. The quantitative estimate of drug-likeness (QED) is 0.739. The molecular weight excluding hydrogens is 178 g/mol. The van der Waals surface area contributed by atoms with Crippen molar-refractivity contribution in [2.45, 2.75) is 25.9 Å². The van der Waals surface area contributed by atoms with E-state index in [0.717, 1.165) is 5.56 Å². The summed E-state index contributed by atoms with van der Waals surface area (Å²) in [6.45, 7) is 3.56. The van der Waals surface area contributed by atoms with Gasteiger partial charge in [-0.1, -0.05) is 6.07 Å². The van der Waals surface area contributed by atoms with Crippen molar-refractivity contribution in [1.82, 2.24) is 10.3 Å². The van der Waals surface area contributed by atoms with Crippen molar-refractivity contribution in [1.29, 1.82) is 0 Å². The highest BCUT2D eigenvalue weighted by Crippen LogP contribution is 2.09. The van der Waals surface area contributed by atoms with Crippen LogP contribution in [-0.2, 0) is 4.79 Å². The standard InChI is InChI=1S/C10H15N3O/c1-7(11)10(14)13-8(2)9-4-3-5-12-6-9/h3-8H,11H2,1-2H3,(H,13,14)/t7-,8-/m0/s1. The summed E-state index contributed by atoms with van der Waals surface area (Å²) in [4.78, 5) is 15.2. The minimum absolute atomic E-state index is 0.0535. The molecule has 0 saturated carbocycles. The molecule has 2 atom stereocenters. The Morgan fingerprint density at radius 2 is 2.29 bits per heavy atom. The number of hydrogen-bond acceptors (Lipinski definition) is 3. The second-order valence-electron chi connectivity index (χ2n) is 3.31. The smallest absolute Gasteiger partial charge is 0.237 e. The Bertz CT molecular complexity index is 297. The number of nitrogens with two attached hydrogens (primary N) is 1. The van der Waals surface area contributed by atoms with Gasteiger partial charge in [-0.2, -0.15) is 0 Å². The number of carbonyl (C=O) groups is 1. The summed E-state index contributed by atoms with van der Waals surface area (Å²) in [7, 11) is 0. The zero-order chi connectivity index (χ0) is 10.6. The average molecular weight is 193 g/mol. The first-order valence-electron chi connectivity index (χ1n) is 4.57. The first-order valence-corrected chi connectivity index (χ1v) is 4.57. The van der Waals surface area contributed by atoms with Crippen LogP contribution in [0.2, 0.25) is 0 Å². The zero-order valence-electron chi connectivity index (χ0n) is 8.40. The van der Waals surface area contributed by atoms with Crippen LogP contribution in [-0.4, -0.2) is 16.9 Å². The van der Waals surface area contributed by atoms with Crippen LogP contribution in [0.15, 0.2) is 24.5 Å². The molecule has 0 aliphatic rings. The SMILES string of the molecule is C[C@H](N)C(=O)N[C@@H](C)c1cccnc1. The van der Waals surface area contributed by atoms with E-state index in [0.29, 0.717) is 0 Å². The highest BCUT2D eigenvalue weighted by atomic mass is 16.2. The second-order valence-corrected chi connectivity index (χ2v) is 3.31. The minimum atomic E-state index is -0.478. The highest BCUT2D eigenvalue weighted by molar-refractivity contribution is 5.81. The van der Waals surface area contributed by atoms with E-state index in [9.17, 15) is 4.79 Å². The largest absolute Gasteiger partial charge is 0.348 e. The lowest BCUT2D eigenvalue weighted by Gasteiger charge is -2.15. The number of nitrogens with one attached hydrogen (secondary N) is 1. The predicted molar refractivity (Wildman–Crippen MR) is 54.4 cm³/mol. The molecule has 0 radical (unpaired) electrons. The van der Waals surface area contributed by atoms with Crippen LogP contribution >= 0.6 is 0 Å². The molecule has 1 rings (SSSR count). The molecule has 1 aromatic heterocycles. The molecule has 1 amide bonds. The van der Waals surface area contributed by atoms with Crippen LogP contribution < -0.4 is 11.1 Å². The maximum atomic E-state index is 11.3. The van der Waals surface area contributed by atoms with Gasteiger partial charge in [-0.05, 0) is 25.5 Å². The van der Waals surface area contributed by atoms with Gasteiger partial charge >= 0.3 is 0 Å². The maximum Gasteiger partial charge on any atom is 0.237 e. The Morgan fingerprint density at radius 3 is 2.79 bits per heavy atom. The monoisotopic (exact) mass is 193 g/mol. The van der Waals surface area contributed by atoms with Crippen LogP contribution in [0.25, 0.3) is 0 Å². The van der Waals surface area contributed by atoms with Crippen LogP contribution in [0.3, 0.4) is 0 Å². The van der Waals surface area contributed by atoms with E-state index >= 15 is 0 Å². The van der Waals surface area contributed by atoms with Gasteiger partial charge < -0.3 is 11.1 Å². The van der Waals surface area contributed by atoms with Crippen molar-refractivity contribution in [2.75, 3.05) is 0 Å². The van der Waals surface area contributed by atoms with Gasteiger partial charge in [-0.25, -0.2) is 0 Å². The fraction of sp³-hybridized carbons (Fsp3) is 0.400. The molecule has 0 unspecified atom stereocenters. The summed E-state index contributed by atoms with van der Waals surface area (Å²) in [6, 6.07) is 3.22. The van der Waals surface area contributed by atoms with E-state index in [1.807, 2.05) is 19.1 Å². The molecule has 0 aliphatic carbocycles. The Kier molecular flexibility index (Phi) is 3.59. The lowest BCUT2D eigenvalue weighted by atomic mass is 10.1. The summed E-state index contributed by atoms with van der Waals surface area (Å²) in [6.07, 6.45) is 3.43. The first kappa shape index (κ1) is 10.7. The molecule has 4 nitrogen and oxygen atoms in total. The third-order valence-electron chi connectivity index (χ3n) is 1.96. The van der Waals surface area contributed by atoms with E-state index in [-0.39, 0.29) is 11.9 Å². The third-order valence-corrected chi connectivity index (χ3v) is 1.96. The van der Waals surface area contributed by atoms with E-state index in [2.05, 4.69) is 10.3 Å². The Labute approximate surface area is 83.5 Å². The van der Waals surface area contributed by atoms with E-state index < -0.39 is 6.04 Å². The fourth-order valence-electron chi connectivity index (χ4n) is 1.06. The van der Waals surface area contributed by atoms with Crippen molar-refractivity contribution in [3.05, 3.63) is 30.1 Å². The summed E-state index contributed by atoms with van der Waals surface area (Å²) in [5.41, 5.74) is 6.41. The summed E-state index contributed by atoms with van der Waals surface area (Å²) < 4.78 is 0. The van der Waals surface area contributed by atoms with Crippen molar-refractivity contribution < 1.29 is 4.79 Å². The van der Waals surface area contributed by atoms with Gasteiger partial charge in [0.2, 0.25) is 5.91 Å². The predicted octanol–water partition coefficient (Wildman–Crippen LogP) is 0.606. The van der Waals surface area contributed by atoms with E-state index in [1.54, 1.807) is 19.3 Å². The number of aromatic nitrogens is 1. The number of nitrogens with zero attached hydrogens (tertiary/aromatic N) is 1. The maximum absolute atomic E-state index is 11.3. The van der Waals surface area contributed by atoms with Gasteiger partial charge in [0.25, 0.3) is 0 Å². The van der Waals surface area contributed by atoms with Crippen LogP contribution in [0.1, 0.15) is 25.5 Å². The Morgan fingerprint density at radius 1 is 1.57 bits per heavy atom. The number of carbonyl (C=O) groups excluding carboxylic acids is 1. The minimum Gasteiger partial charge on any atom is -0.348 e. The van der Waals surface area contributed by atoms with Crippen molar-refractivity contribution in [3.63, 3.8) is 0 Å². The fourth-order valence-corrected chi connectivity index (χ4v) is 1.06. The van der Waals surface area contributed by atoms with Crippen molar-refractivity contribution >= 4 is 5.91 Å². The highest BCUT2D eigenvalue weighted by Gasteiger charge is 2.11. The lowest BCUT2D eigenvalue weighted by Crippen LogP contribution is -2.39. The van der Waals surface area contributed by atoms with E-state index in [1.165, 1.54) is 0 Å². The third kappa shape index (κ3) is 2.81. The first-order chi connectivity index (χ1) is 6.61. The number of pyridine rings is 1.